The quantitative estimate of drug-likeness (QED) is 0.664. The lowest BCUT2D eigenvalue weighted by Gasteiger charge is -2.24. The maximum atomic E-state index is 5.37. The van der Waals surface area contributed by atoms with Crippen LogP contribution < -0.4 is 5.32 Å². The summed E-state index contributed by atoms with van der Waals surface area (Å²) in [7, 11) is 0. The molecule has 0 aromatic carbocycles. The Kier molecular flexibility index (Phi) is 7.29. The van der Waals surface area contributed by atoms with Crippen molar-refractivity contribution in [3.8, 4) is 12.3 Å². The average molecular weight is 222 g/mol. The minimum Gasteiger partial charge on any atom is -0.316 e. The van der Waals surface area contributed by atoms with E-state index in [4.69, 9.17) is 6.42 Å². The smallest absolute Gasteiger partial charge is 0.0598 e. The molecule has 1 unspecified atom stereocenters. The highest BCUT2D eigenvalue weighted by Crippen LogP contribution is 2.15. The van der Waals surface area contributed by atoms with Crippen molar-refractivity contribution in [3.05, 3.63) is 0 Å². The van der Waals surface area contributed by atoms with E-state index in [0.717, 1.165) is 19.0 Å². The third-order valence-corrected chi connectivity index (χ3v) is 3.34. The zero-order valence-electron chi connectivity index (χ0n) is 10.7. The third-order valence-electron chi connectivity index (χ3n) is 3.34. The summed E-state index contributed by atoms with van der Waals surface area (Å²) in [5.74, 6) is 3.66. The summed E-state index contributed by atoms with van der Waals surface area (Å²) in [4.78, 5) is 2.40. The first kappa shape index (κ1) is 13.5. The van der Waals surface area contributed by atoms with Crippen molar-refractivity contribution in [2.75, 3.05) is 32.7 Å². The predicted molar refractivity (Wildman–Crippen MR) is 70.4 cm³/mol. The maximum Gasteiger partial charge on any atom is 0.0598 e. The van der Waals surface area contributed by atoms with Gasteiger partial charge in [-0.2, -0.15) is 0 Å². The Morgan fingerprint density at radius 1 is 1.44 bits per heavy atom. The molecule has 1 fully saturated rings. The largest absolute Gasteiger partial charge is 0.316 e. The SMILES string of the molecule is C#CCN(CCC)CCCC1CCCNC1. The molecule has 1 aliphatic rings. The van der Waals surface area contributed by atoms with Crippen LogP contribution in [-0.2, 0) is 0 Å². The molecule has 16 heavy (non-hydrogen) atoms. The fourth-order valence-electron chi connectivity index (χ4n) is 2.49. The molecule has 0 aromatic rings. The van der Waals surface area contributed by atoms with Crippen molar-refractivity contribution in [2.45, 2.75) is 39.0 Å². The second-order valence-electron chi connectivity index (χ2n) is 4.83. The molecule has 1 N–H and O–H groups in total. The molecule has 1 atom stereocenters. The summed E-state index contributed by atoms with van der Waals surface area (Å²) >= 11 is 0. The van der Waals surface area contributed by atoms with Crippen LogP contribution in [0.4, 0.5) is 0 Å². The van der Waals surface area contributed by atoms with Crippen LogP contribution in [0.25, 0.3) is 0 Å². The van der Waals surface area contributed by atoms with Crippen LogP contribution in [0, 0.1) is 18.3 Å². The summed E-state index contributed by atoms with van der Waals surface area (Å²) in [5.41, 5.74) is 0. The molecule has 0 aliphatic carbocycles. The van der Waals surface area contributed by atoms with Crippen molar-refractivity contribution < 1.29 is 0 Å². The molecule has 0 bridgehead atoms. The Hall–Kier alpha value is -0.520. The van der Waals surface area contributed by atoms with Crippen molar-refractivity contribution in [1.29, 1.82) is 0 Å². The predicted octanol–water partition coefficient (Wildman–Crippen LogP) is 2.11. The fourth-order valence-corrected chi connectivity index (χ4v) is 2.49. The van der Waals surface area contributed by atoms with Gasteiger partial charge in [-0.3, -0.25) is 4.90 Å². The first-order valence-electron chi connectivity index (χ1n) is 6.73. The normalized spacial score (nSPS) is 20.9. The molecular weight excluding hydrogens is 196 g/mol. The van der Waals surface area contributed by atoms with Gasteiger partial charge in [0.05, 0.1) is 6.54 Å². The highest BCUT2D eigenvalue weighted by Gasteiger charge is 2.12. The molecule has 0 amide bonds. The summed E-state index contributed by atoms with van der Waals surface area (Å²) in [6.45, 7) is 7.80. The first-order valence-corrected chi connectivity index (χ1v) is 6.73. The van der Waals surface area contributed by atoms with Gasteiger partial charge in [0.1, 0.15) is 0 Å². The molecule has 92 valence electrons. The minimum absolute atomic E-state index is 0.816. The van der Waals surface area contributed by atoms with E-state index in [1.807, 2.05) is 0 Å². The van der Waals surface area contributed by atoms with E-state index in [2.05, 4.69) is 23.1 Å². The molecule has 1 rings (SSSR count). The molecule has 0 aromatic heterocycles. The van der Waals surface area contributed by atoms with Gasteiger partial charge in [-0.1, -0.05) is 12.8 Å². The highest BCUT2D eigenvalue weighted by atomic mass is 15.1. The molecular formula is C14H26N2. The number of terminal acetylenes is 1. The number of hydrogen-bond acceptors (Lipinski definition) is 2. The van der Waals surface area contributed by atoms with Gasteiger partial charge in [0.25, 0.3) is 0 Å². The van der Waals surface area contributed by atoms with Gasteiger partial charge < -0.3 is 5.32 Å². The number of nitrogens with one attached hydrogen (secondary N) is 1. The van der Waals surface area contributed by atoms with Gasteiger partial charge in [0.15, 0.2) is 0 Å². The summed E-state index contributed by atoms with van der Waals surface area (Å²) in [6.07, 6.45) is 12.0. The number of hydrogen-bond donors (Lipinski definition) is 1. The van der Waals surface area contributed by atoms with Crippen LogP contribution in [-0.4, -0.2) is 37.6 Å². The lowest BCUT2D eigenvalue weighted by atomic mass is 9.94. The van der Waals surface area contributed by atoms with E-state index >= 15 is 0 Å². The Balaban J connectivity index is 2.09. The van der Waals surface area contributed by atoms with Gasteiger partial charge in [-0.05, 0) is 64.2 Å². The Bertz CT molecular complexity index is 201. The number of nitrogens with zero attached hydrogens (tertiary/aromatic N) is 1. The second-order valence-corrected chi connectivity index (χ2v) is 4.83. The maximum absolute atomic E-state index is 5.37. The van der Waals surface area contributed by atoms with Crippen LogP contribution in [0.2, 0.25) is 0 Å². The van der Waals surface area contributed by atoms with Gasteiger partial charge in [0.2, 0.25) is 0 Å². The minimum atomic E-state index is 0.816. The molecule has 0 saturated carbocycles. The standard InChI is InChI=1S/C14H26N2/c1-3-10-16(11-4-2)12-6-8-14-7-5-9-15-13-14/h1,14-15H,4-13H2,2H3. The van der Waals surface area contributed by atoms with E-state index in [0.29, 0.717) is 0 Å². The van der Waals surface area contributed by atoms with E-state index < -0.39 is 0 Å². The van der Waals surface area contributed by atoms with Crippen LogP contribution >= 0.6 is 0 Å². The second kappa shape index (κ2) is 8.61. The first-order chi connectivity index (χ1) is 7.86. The molecule has 0 radical (unpaired) electrons. The van der Waals surface area contributed by atoms with Crippen LogP contribution in [0.5, 0.6) is 0 Å². The molecule has 2 nitrogen and oxygen atoms in total. The van der Waals surface area contributed by atoms with Crippen molar-refractivity contribution in [3.63, 3.8) is 0 Å². The zero-order chi connectivity index (χ0) is 11.6. The highest BCUT2D eigenvalue weighted by molar-refractivity contribution is 4.88. The summed E-state index contributed by atoms with van der Waals surface area (Å²) in [5, 5.41) is 3.48. The lowest BCUT2D eigenvalue weighted by molar-refractivity contribution is 0.276. The van der Waals surface area contributed by atoms with Crippen LogP contribution in [0.1, 0.15) is 39.0 Å². The Morgan fingerprint density at radius 2 is 2.31 bits per heavy atom. The van der Waals surface area contributed by atoms with Gasteiger partial charge >= 0.3 is 0 Å². The third kappa shape index (κ3) is 5.53. The van der Waals surface area contributed by atoms with Gasteiger partial charge in [-0.25, -0.2) is 0 Å². The monoisotopic (exact) mass is 222 g/mol. The fraction of sp³-hybridized carbons (Fsp3) is 0.857. The Morgan fingerprint density at radius 3 is 2.94 bits per heavy atom. The topological polar surface area (TPSA) is 15.3 Å². The van der Waals surface area contributed by atoms with Crippen LogP contribution in [0.15, 0.2) is 0 Å². The number of rotatable bonds is 7. The van der Waals surface area contributed by atoms with Crippen molar-refractivity contribution >= 4 is 0 Å². The molecule has 1 aliphatic heterocycles. The average Bonchev–Trinajstić information content (AvgIpc) is 2.31. The molecule has 0 spiro atoms. The van der Waals surface area contributed by atoms with E-state index in [1.54, 1.807) is 0 Å². The van der Waals surface area contributed by atoms with Crippen LogP contribution in [0.3, 0.4) is 0 Å². The lowest BCUT2D eigenvalue weighted by Crippen LogP contribution is -2.31. The number of piperidine rings is 1. The van der Waals surface area contributed by atoms with Gasteiger partial charge in [-0.15, -0.1) is 6.42 Å². The Labute approximate surface area is 101 Å². The zero-order valence-corrected chi connectivity index (χ0v) is 10.7. The summed E-state index contributed by atoms with van der Waals surface area (Å²) in [6, 6.07) is 0. The van der Waals surface area contributed by atoms with Crippen molar-refractivity contribution in [1.82, 2.24) is 10.2 Å². The summed E-state index contributed by atoms with van der Waals surface area (Å²) < 4.78 is 0. The van der Waals surface area contributed by atoms with E-state index in [-0.39, 0.29) is 0 Å². The van der Waals surface area contributed by atoms with Crippen molar-refractivity contribution in [2.24, 2.45) is 5.92 Å². The van der Waals surface area contributed by atoms with E-state index in [1.165, 1.54) is 51.7 Å². The molecule has 1 heterocycles. The van der Waals surface area contributed by atoms with Gasteiger partial charge in [0, 0.05) is 0 Å². The van der Waals surface area contributed by atoms with E-state index in [9.17, 15) is 0 Å². The molecule has 1 saturated heterocycles. The molecule has 2 heteroatoms.